The highest BCUT2D eigenvalue weighted by Gasteiger charge is 2.33. The van der Waals surface area contributed by atoms with Crippen molar-refractivity contribution in [1.82, 2.24) is 10.3 Å². The third kappa shape index (κ3) is 4.77. The molecular weight excluding hydrogens is 375 g/mol. The first-order valence-electron chi connectivity index (χ1n) is 8.36. The van der Waals surface area contributed by atoms with Gasteiger partial charge in [-0.15, -0.1) is 0 Å². The highest BCUT2D eigenvalue weighted by molar-refractivity contribution is 7.80. The molecule has 1 aliphatic rings. The monoisotopic (exact) mass is 393 g/mol. The van der Waals surface area contributed by atoms with Crippen molar-refractivity contribution in [3.63, 3.8) is 0 Å². The number of fused-ring (bicyclic) bond motifs is 1. The van der Waals surface area contributed by atoms with Crippen LogP contribution >= 0.6 is 12.2 Å². The summed E-state index contributed by atoms with van der Waals surface area (Å²) in [4.78, 5) is 13.9. The molecule has 1 unspecified atom stereocenters. The van der Waals surface area contributed by atoms with Crippen LogP contribution in [0.25, 0.3) is 10.9 Å². The fourth-order valence-corrected chi connectivity index (χ4v) is 3.09. The molecule has 0 saturated carbocycles. The van der Waals surface area contributed by atoms with Crippen molar-refractivity contribution in [1.29, 1.82) is 0 Å². The van der Waals surface area contributed by atoms with Crippen LogP contribution in [-0.2, 0) is 6.18 Å². The van der Waals surface area contributed by atoms with Gasteiger partial charge in [-0.05, 0) is 49.7 Å². The normalized spacial score (nSPS) is 16.9. The van der Waals surface area contributed by atoms with E-state index in [2.05, 4.69) is 33.8 Å². The van der Waals surface area contributed by atoms with Crippen LogP contribution < -0.4 is 16.2 Å². The maximum absolute atomic E-state index is 13.2. The van der Waals surface area contributed by atoms with Crippen LogP contribution in [0.5, 0.6) is 0 Å². The van der Waals surface area contributed by atoms with Crippen LogP contribution in [0.15, 0.2) is 52.9 Å². The minimum absolute atomic E-state index is 0.0919. The van der Waals surface area contributed by atoms with Gasteiger partial charge in [0.15, 0.2) is 5.11 Å². The fourth-order valence-electron chi connectivity index (χ4n) is 2.89. The molecule has 0 saturated heterocycles. The highest BCUT2D eigenvalue weighted by Crippen LogP contribution is 2.34. The first kappa shape index (κ1) is 19.2. The zero-order valence-electron chi connectivity index (χ0n) is 14.5. The van der Waals surface area contributed by atoms with E-state index in [-0.39, 0.29) is 10.9 Å². The SMILES string of the molecule is CC1=CCC(CNC(=S)Nc2ccc3[nH]c(=O)cc(C(F)(F)F)c3c2)C=C1. The lowest BCUT2D eigenvalue weighted by atomic mass is 9.97. The smallest absolute Gasteiger partial charge is 0.362 e. The molecule has 0 spiro atoms. The summed E-state index contributed by atoms with van der Waals surface area (Å²) in [6.45, 7) is 2.66. The molecule has 1 atom stereocenters. The van der Waals surface area contributed by atoms with Crippen LogP contribution in [0, 0.1) is 5.92 Å². The highest BCUT2D eigenvalue weighted by atomic mass is 32.1. The molecule has 2 aromatic rings. The Morgan fingerprint density at radius 1 is 1.33 bits per heavy atom. The average molecular weight is 393 g/mol. The number of anilines is 1. The predicted octanol–water partition coefficient (Wildman–Crippen LogP) is 4.36. The number of pyridine rings is 1. The van der Waals surface area contributed by atoms with E-state index in [1.165, 1.54) is 17.7 Å². The first-order chi connectivity index (χ1) is 12.7. The molecule has 1 aromatic carbocycles. The minimum atomic E-state index is -4.62. The summed E-state index contributed by atoms with van der Waals surface area (Å²) in [5.74, 6) is 0.312. The third-order valence-corrected chi connectivity index (χ3v) is 4.55. The van der Waals surface area contributed by atoms with Gasteiger partial charge in [-0.25, -0.2) is 0 Å². The van der Waals surface area contributed by atoms with Crippen LogP contribution in [0.4, 0.5) is 18.9 Å². The molecule has 0 amide bonds. The van der Waals surface area contributed by atoms with E-state index in [4.69, 9.17) is 12.2 Å². The molecule has 0 radical (unpaired) electrons. The summed E-state index contributed by atoms with van der Waals surface area (Å²) < 4.78 is 39.7. The molecule has 0 bridgehead atoms. The predicted molar refractivity (Wildman–Crippen MR) is 105 cm³/mol. The summed E-state index contributed by atoms with van der Waals surface area (Å²) in [6, 6.07) is 4.88. The van der Waals surface area contributed by atoms with E-state index in [1.807, 2.05) is 6.92 Å². The Morgan fingerprint density at radius 2 is 2.11 bits per heavy atom. The zero-order valence-corrected chi connectivity index (χ0v) is 15.3. The first-order valence-corrected chi connectivity index (χ1v) is 8.77. The Hall–Kier alpha value is -2.61. The second kappa shape index (κ2) is 7.56. The number of rotatable bonds is 3. The Labute approximate surface area is 159 Å². The third-order valence-electron chi connectivity index (χ3n) is 4.30. The van der Waals surface area contributed by atoms with Gasteiger partial charge in [0.2, 0.25) is 5.56 Å². The van der Waals surface area contributed by atoms with Crippen LogP contribution in [0.2, 0.25) is 0 Å². The summed E-state index contributed by atoms with van der Waals surface area (Å²) >= 11 is 5.24. The summed E-state index contributed by atoms with van der Waals surface area (Å²) in [5, 5.41) is 6.21. The fraction of sp³-hybridized carbons (Fsp3) is 0.263. The van der Waals surface area contributed by atoms with Crippen LogP contribution in [0.1, 0.15) is 18.9 Å². The van der Waals surface area contributed by atoms with Gasteiger partial charge in [0.1, 0.15) is 0 Å². The van der Waals surface area contributed by atoms with E-state index in [1.54, 1.807) is 6.07 Å². The number of allylic oxidation sites excluding steroid dienone is 3. The van der Waals surface area contributed by atoms with Gasteiger partial charge in [0, 0.05) is 29.2 Å². The molecule has 3 rings (SSSR count). The van der Waals surface area contributed by atoms with Gasteiger partial charge in [-0.3, -0.25) is 4.79 Å². The van der Waals surface area contributed by atoms with Crippen molar-refractivity contribution in [3.05, 3.63) is 64.0 Å². The number of hydrogen-bond acceptors (Lipinski definition) is 2. The van der Waals surface area contributed by atoms with E-state index >= 15 is 0 Å². The number of nitrogens with one attached hydrogen (secondary N) is 3. The number of benzene rings is 1. The lowest BCUT2D eigenvalue weighted by Gasteiger charge is -2.18. The molecular formula is C19H18F3N3OS. The van der Waals surface area contributed by atoms with Gasteiger partial charge < -0.3 is 15.6 Å². The Morgan fingerprint density at radius 3 is 2.78 bits per heavy atom. The number of hydrogen-bond donors (Lipinski definition) is 3. The largest absolute Gasteiger partial charge is 0.417 e. The summed E-state index contributed by atoms with van der Waals surface area (Å²) in [7, 11) is 0. The minimum Gasteiger partial charge on any atom is -0.362 e. The molecule has 142 valence electrons. The molecule has 1 heterocycles. The van der Waals surface area contributed by atoms with E-state index < -0.39 is 17.3 Å². The van der Waals surface area contributed by atoms with Crippen LogP contribution in [-0.4, -0.2) is 16.6 Å². The lowest BCUT2D eigenvalue weighted by molar-refractivity contribution is -0.136. The molecule has 0 aliphatic heterocycles. The molecule has 1 aromatic heterocycles. The van der Waals surface area contributed by atoms with E-state index in [9.17, 15) is 18.0 Å². The zero-order chi connectivity index (χ0) is 19.6. The molecule has 4 nitrogen and oxygen atoms in total. The Kier molecular flexibility index (Phi) is 5.36. The Balaban J connectivity index is 1.73. The maximum Gasteiger partial charge on any atom is 0.417 e. The van der Waals surface area contributed by atoms with E-state index in [0.29, 0.717) is 29.3 Å². The Bertz CT molecular complexity index is 992. The van der Waals surface area contributed by atoms with Gasteiger partial charge >= 0.3 is 6.18 Å². The molecule has 27 heavy (non-hydrogen) atoms. The second-order valence-corrected chi connectivity index (χ2v) is 6.85. The quantitative estimate of drug-likeness (QED) is 0.679. The number of thiocarbonyl (C=S) groups is 1. The standard InChI is InChI=1S/C19H18F3N3OS/c1-11-2-4-12(5-3-11)10-23-18(27)24-13-6-7-16-14(8-13)15(19(20,21)22)9-17(26)25-16/h2-4,6-9,12H,5,10H2,1H3,(H,25,26)(H2,23,24,27). The number of alkyl halides is 3. The molecule has 8 heteroatoms. The molecule has 1 aliphatic carbocycles. The number of aromatic amines is 1. The van der Waals surface area contributed by atoms with Gasteiger partial charge in [0.25, 0.3) is 0 Å². The van der Waals surface area contributed by atoms with Crippen molar-refractivity contribution in [2.45, 2.75) is 19.5 Å². The number of aromatic nitrogens is 1. The lowest BCUT2D eigenvalue weighted by Crippen LogP contribution is -2.32. The topological polar surface area (TPSA) is 56.9 Å². The van der Waals surface area contributed by atoms with E-state index in [0.717, 1.165) is 6.42 Å². The van der Waals surface area contributed by atoms with Gasteiger partial charge in [-0.2, -0.15) is 13.2 Å². The summed E-state index contributed by atoms with van der Waals surface area (Å²) in [5.41, 5.74) is -0.0151. The van der Waals surface area contributed by atoms with Gasteiger partial charge in [0.05, 0.1) is 5.56 Å². The maximum atomic E-state index is 13.2. The average Bonchev–Trinajstić information content (AvgIpc) is 2.60. The molecule has 3 N–H and O–H groups in total. The van der Waals surface area contributed by atoms with Crippen molar-refractivity contribution in [2.75, 3.05) is 11.9 Å². The summed E-state index contributed by atoms with van der Waals surface area (Å²) in [6.07, 6.45) is 2.59. The van der Waals surface area contributed by atoms with Crippen molar-refractivity contribution in [3.8, 4) is 0 Å². The van der Waals surface area contributed by atoms with Crippen molar-refractivity contribution < 1.29 is 13.2 Å². The second-order valence-electron chi connectivity index (χ2n) is 6.44. The van der Waals surface area contributed by atoms with Crippen LogP contribution in [0.3, 0.4) is 0 Å². The molecule has 0 fully saturated rings. The van der Waals surface area contributed by atoms with Crippen molar-refractivity contribution >= 4 is 33.9 Å². The van der Waals surface area contributed by atoms with Gasteiger partial charge in [-0.1, -0.05) is 23.8 Å². The van der Waals surface area contributed by atoms with Crippen molar-refractivity contribution in [2.24, 2.45) is 5.92 Å². The number of halogens is 3. The number of H-pyrrole nitrogens is 1.